The van der Waals surface area contributed by atoms with Crippen LogP contribution in [0.4, 0.5) is 8.78 Å². The number of hydrogen-bond acceptors (Lipinski definition) is 4. The Morgan fingerprint density at radius 2 is 1.79 bits per heavy atom. The summed E-state index contributed by atoms with van der Waals surface area (Å²) in [5, 5.41) is 9.63. The second-order valence-electron chi connectivity index (χ2n) is 6.48. The van der Waals surface area contributed by atoms with Crippen LogP contribution in [0.1, 0.15) is 17.0 Å². The molecule has 2 aliphatic heterocycles. The van der Waals surface area contributed by atoms with Crippen molar-refractivity contribution >= 4 is 17.8 Å². The maximum absolute atomic E-state index is 14.6. The van der Waals surface area contributed by atoms with E-state index in [2.05, 4.69) is 6.07 Å². The van der Waals surface area contributed by atoms with Crippen molar-refractivity contribution in [2.24, 2.45) is 5.73 Å². The summed E-state index contributed by atoms with van der Waals surface area (Å²) in [6.45, 7) is 0. The third-order valence-corrected chi connectivity index (χ3v) is 5.81. The maximum Gasteiger partial charge on any atom is 0.205 e. The minimum atomic E-state index is -0.619. The smallest absolute Gasteiger partial charge is 0.205 e. The average Bonchev–Trinajstić information content (AvgIpc) is 2.70. The number of ether oxygens (including phenoxy) is 1. The van der Waals surface area contributed by atoms with Gasteiger partial charge in [0.25, 0.3) is 0 Å². The summed E-state index contributed by atoms with van der Waals surface area (Å²) in [5.41, 5.74) is 8.57. The van der Waals surface area contributed by atoms with Crippen molar-refractivity contribution in [3.8, 4) is 6.07 Å². The fraction of sp³-hybridized carbons (Fsp3) is 0.136. The van der Waals surface area contributed by atoms with Crippen molar-refractivity contribution in [3.05, 3.63) is 99.7 Å². The van der Waals surface area contributed by atoms with Crippen LogP contribution >= 0.6 is 11.8 Å². The summed E-state index contributed by atoms with van der Waals surface area (Å²) in [7, 11) is 0. The molecule has 0 saturated carbocycles. The Kier molecular flexibility index (Phi) is 4.93. The van der Waals surface area contributed by atoms with Crippen LogP contribution < -0.4 is 5.73 Å². The molecule has 0 bridgehead atoms. The first-order chi connectivity index (χ1) is 13.6. The summed E-state index contributed by atoms with van der Waals surface area (Å²) >= 11 is 1.61. The van der Waals surface area contributed by atoms with E-state index in [0.29, 0.717) is 28.4 Å². The summed E-state index contributed by atoms with van der Waals surface area (Å²) in [6, 6.07) is 14.9. The molecule has 0 fully saturated rings. The number of thioether (sulfide) groups is 1. The van der Waals surface area contributed by atoms with Gasteiger partial charge in [-0.25, -0.2) is 8.78 Å². The Bertz CT molecular complexity index is 1080. The molecule has 3 nitrogen and oxygen atoms in total. The topological polar surface area (TPSA) is 59.0 Å². The molecule has 2 N–H and O–H groups in total. The molecule has 0 radical (unpaired) electrons. The molecule has 4 rings (SSSR count). The lowest BCUT2D eigenvalue weighted by Crippen LogP contribution is -2.26. The Labute approximate surface area is 165 Å². The third-order valence-electron chi connectivity index (χ3n) is 4.78. The van der Waals surface area contributed by atoms with E-state index < -0.39 is 11.7 Å². The summed E-state index contributed by atoms with van der Waals surface area (Å²) in [4.78, 5) is 0. The van der Waals surface area contributed by atoms with Crippen LogP contribution in [0.3, 0.4) is 0 Å². The number of benzene rings is 2. The summed E-state index contributed by atoms with van der Waals surface area (Å²) < 4.78 is 34.5. The molecule has 0 saturated heterocycles. The van der Waals surface area contributed by atoms with E-state index in [-0.39, 0.29) is 17.3 Å². The van der Waals surface area contributed by atoms with E-state index in [1.807, 2.05) is 0 Å². The minimum Gasteiger partial charge on any atom is -0.440 e. The zero-order valence-electron chi connectivity index (χ0n) is 14.8. The van der Waals surface area contributed by atoms with Gasteiger partial charge in [-0.3, -0.25) is 0 Å². The lowest BCUT2D eigenvalue weighted by atomic mass is 9.82. The summed E-state index contributed by atoms with van der Waals surface area (Å²) in [6.07, 6.45) is 1.72. The molecule has 0 aliphatic carbocycles. The van der Waals surface area contributed by atoms with E-state index in [9.17, 15) is 14.0 Å². The number of nitrogens with zero attached hydrogens (tertiary/aromatic N) is 1. The van der Waals surface area contributed by atoms with Gasteiger partial charge in [0, 0.05) is 28.2 Å². The van der Waals surface area contributed by atoms with Crippen LogP contribution in [0.2, 0.25) is 0 Å². The molecule has 2 aromatic rings. The first kappa shape index (κ1) is 18.3. The molecule has 140 valence electrons. The fourth-order valence-corrected chi connectivity index (χ4v) is 4.55. The Morgan fingerprint density at radius 1 is 1.07 bits per heavy atom. The standard InChI is InChI=1S/C22H16F2N2OS/c23-18-7-3-1-5-13(18)9-14-11-28-12-17-20(15-6-2-4-8-19(15)24)16(10-25)22(26)27-21(14)17/h1-9,20H,11-12,26H2/b14-9+/t20-/m0/s1. The van der Waals surface area contributed by atoms with Gasteiger partial charge in [-0.15, -0.1) is 0 Å². The number of hydrogen-bond donors (Lipinski definition) is 1. The highest BCUT2D eigenvalue weighted by Gasteiger charge is 2.37. The average molecular weight is 394 g/mol. The molecule has 0 unspecified atom stereocenters. The number of halogens is 2. The molecule has 2 aliphatic rings. The molecule has 0 spiro atoms. The van der Waals surface area contributed by atoms with Crippen LogP contribution in [-0.4, -0.2) is 11.5 Å². The molecular formula is C22H16F2N2OS. The second kappa shape index (κ2) is 7.53. The van der Waals surface area contributed by atoms with Gasteiger partial charge in [-0.2, -0.15) is 17.0 Å². The Balaban J connectivity index is 1.88. The molecule has 0 amide bonds. The Morgan fingerprint density at radius 3 is 2.50 bits per heavy atom. The van der Waals surface area contributed by atoms with Crippen molar-refractivity contribution in [1.82, 2.24) is 0 Å². The van der Waals surface area contributed by atoms with Gasteiger partial charge in [-0.1, -0.05) is 36.4 Å². The minimum absolute atomic E-state index is 0.0409. The predicted molar refractivity (Wildman–Crippen MR) is 106 cm³/mol. The third kappa shape index (κ3) is 3.19. The van der Waals surface area contributed by atoms with Crippen LogP contribution in [0, 0.1) is 23.0 Å². The monoisotopic (exact) mass is 394 g/mol. The highest BCUT2D eigenvalue weighted by molar-refractivity contribution is 7.99. The molecule has 6 heteroatoms. The van der Waals surface area contributed by atoms with Gasteiger partial charge in [0.05, 0.1) is 5.92 Å². The first-order valence-electron chi connectivity index (χ1n) is 8.68. The molecule has 1 atom stereocenters. The van der Waals surface area contributed by atoms with Crippen LogP contribution in [-0.2, 0) is 4.74 Å². The normalized spacial score (nSPS) is 20.6. The molecule has 28 heavy (non-hydrogen) atoms. The first-order valence-corrected chi connectivity index (χ1v) is 9.84. The van der Waals surface area contributed by atoms with E-state index in [4.69, 9.17) is 10.5 Å². The van der Waals surface area contributed by atoms with Crippen LogP contribution in [0.25, 0.3) is 6.08 Å². The highest BCUT2D eigenvalue weighted by Crippen LogP contribution is 2.46. The van der Waals surface area contributed by atoms with Crippen LogP contribution in [0.15, 0.2) is 76.9 Å². The largest absolute Gasteiger partial charge is 0.440 e. The van der Waals surface area contributed by atoms with E-state index >= 15 is 0 Å². The predicted octanol–water partition coefficient (Wildman–Crippen LogP) is 4.86. The molecule has 0 aromatic heterocycles. The number of nitrogens with two attached hydrogens (primary N) is 1. The second-order valence-corrected chi connectivity index (χ2v) is 7.47. The van der Waals surface area contributed by atoms with Crippen molar-refractivity contribution in [2.45, 2.75) is 5.92 Å². The number of allylic oxidation sites excluding steroid dienone is 2. The van der Waals surface area contributed by atoms with Gasteiger partial charge in [0.1, 0.15) is 29.0 Å². The summed E-state index contributed by atoms with van der Waals surface area (Å²) in [5.74, 6) is 0.278. The highest BCUT2D eigenvalue weighted by atomic mass is 32.2. The lowest BCUT2D eigenvalue weighted by Gasteiger charge is -2.33. The number of nitriles is 1. The fourth-order valence-electron chi connectivity index (χ4n) is 3.49. The van der Waals surface area contributed by atoms with Crippen molar-refractivity contribution in [2.75, 3.05) is 11.5 Å². The van der Waals surface area contributed by atoms with Crippen molar-refractivity contribution in [3.63, 3.8) is 0 Å². The van der Waals surface area contributed by atoms with Gasteiger partial charge in [0.15, 0.2) is 0 Å². The van der Waals surface area contributed by atoms with Gasteiger partial charge in [-0.05, 0) is 23.8 Å². The quantitative estimate of drug-likeness (QED) is 0.791. The van der Waals surface area contributed by atoms with Gasteiger partial charge >= 0.3 is 0 Å². The van der Waals surface area contributed by atoms with Gasteiger partial charge in [0.2, 0.25) is 5.88 Å². The Hall–Kier alpha value is -3.04. The van der Waals surface area contributed by atoms with Crippen LogP contribution in [0.5, 0.6) is 0 Å². The van der Waals surface area contributed by atoms with E-state index in [1.165, 1.54) is 12.1 Å². The molecular weight excluding hydrogens is 378 g/mol. The lowest BCUT2D eigenvalue weighted by molar-refractivity contribution is 0.287. The van der Waals surface area contributed by atoms with Crippen molar-refractivity contribution < 1.29 is 13.5 Å². The number of rotatable bonds is 2. The van der Waals surface area contributed by atoms with Crippen molar-refractivity contribution in [1.29, 1.82) is 5.26 Å². The SMILES string of the molecule is N#CC1=C(N)OC2=C(CSC/C2=C\c2ccccc2F)[C@H]1c1ccccc1F. The molecule has 2 heterocycles. The zero-order valence-corrected chi connectivity index (χ0v) is 15.6. The maximum atomic E-state index is 14.6. The van der Waals surface area contributed by atoms with Gasteiger partial charge < -0.3 is 10.5 Å². The van der Waals surface area contributed by atoms with E-state index in [0.717, 1.165) is 11.1 Å². The molecule has 2 aromatic carbocycles. The van der Waals surface area contributed by atoms with E-state index in [1.54, 1.807) is 54.2 Å². The zero-order chi connectivity index (χ0) is 19.7.